The van der Waals surface area contributed by atoms with Crippen LogP contribution in [-0.4, -0.2) is 18.5 Å². The standard InChI is InChI=1S/C13H18N2O.ClH/c1-9(8-14)13(16)15-12-6-10-4-2-3-5-11(10)7-12;/h2-5,9,12H,6-8,14H2,1H3,(H,15,16);1H. The number of halogens is 1. The Kier molecular flexibility index (Phi) is 4.97. The van der Waals surface area contributed by atoms with E-state index in [0.717, 1.165) is 12.8 Å². The maximum Gasteiger partial charge on any atom is 0.224 e. The highest BCUT2D eigenvalue weighted by atomic mass is 35.5. The first-order valence-corrected chi connectivity index (χ1v) is 5.78. The molecule has 0 radical (unpaired) electrons. The van der Waals surface area contributed by atoms with E-state index in [9.17, 15) is 4.79 Å². The average Bonchev–Trinajstić information content (AvgIpc) is 2.69. The van der Waals surface area contributed by atoms with Gasteiger partial charge in [0.1, 0.15) is 0 Å². The third-order valence-corrected chi connectivity index (χ3v) is 3.20. The van der Waals surface area contributed by atoms with Crippen LogP contribution in [0.25, 0.3) is 0 Å². The van der Waals surface area contributed by atoms with Crippen molar-refractivity contribution in [3.05, 3.63) is 35.4 Å². The van der Waals surface area contributed by atoms with E-state index in [1.165, 1.54) is 11.1 Å². The van der Waals surface area contributed by atoms with Gasteiger partial charge in [-0.2, -0.15) is 0 Å². The van der Waals surface area contributed by atoms with Crippen LogP contribution in [-0.2, 0) is 17.6 Å². The summed E-state index contributed by atoms with van der Waals surface area (Å²) < 4.78 is 0. The molecule has 0 saturated carbocycles. The minimum absolute atomic E-state index is 0. The van der Waals surface area contributed by atoms with Gasteiger partial charge in [-0.25, -0.2) is 0 Å². The van der Waals surface area contributed by atoms with Crippen LogP contribution < -0.4 is 11.1 Å². The molecule has 0 saturated heterocycles. The monoisotopic (exact) mass is 254 g/mol. The van der Waals surface area contributed by atoms with Crippen LogP contribution in [0.3, 0.4) is 0 Å². The summed E-state index contributed by atoms with van der Waals surface area (Å²) in [7, 11) is 0. The molecule has 0 fully saturated rings. The number of benzene rings is 1. The van der Waals surface area contributed by atoms with Crippen molar-refractivity contribution >= 4 is 18.3 Å². The Bertz CT molecular complexity index is 370. The minimum Gasteiger partial charge on any atom is -0.352 e. The van der Waals surface area contributed by atoms with E-state index in [1.54, 1.807) is 0 Å². The van der Waals surface area contributed by atoms with Crippen LogP contribution in [0.4, 0.5) is 0 Å². The van der Waals surface area contributed by atoms with Crippen molar-refractivity contribution in [1.29, 1.82) is 0 Å². The molecule has 1 aliphatic carbocycles. The summed E-state index contributed by atoms with van der Waals surface area (Å²) in [4.78, 5) is 11.7. The second kappa shape index (κ2) is 6.03. The second-order valence-electron chi connectivity index (χ2n) is 4.52. The van der Waals surface area contributed by atoms with Crippen LogP contribution in [0.15, 0.2) is 24.3 Å². The van der Waals surface area contributed by atoms with Crippen molar-refractivity contribution in [2.45, 2.75) is 25.8 Å². The van der Waals surface area contributed by atoms with Crippen LogP contribution >= 0.6 is 12.4 Å². The van der Waals surface area contributed by atoms with Crippen molar-refractivity contribution < 1.29 is 4.79 Å². The maximum absolute atomic E-state index is 11.7. The van der Waals surface area contributed by atoms with Gasteiger partial charge >= 0.3 is 0 Å². The van der Waals surface area contributed by atoms with Crippen LogP contribution in [0, 0.1) is 5.92 Å². The highest BCUT2D eigenvalue weighted by molar-refractivity contribution is 5.85. The van der Waals surface area contributed by atoms with E-state index >= 15 is 0 Å². The molecule has 2 rings (SSSR count). The number of carbonyl (C=O) groups is 1. The van der Waals surface area contributed by atoms with Crippen molar-refractivity contribution in [3.8, 4) is 0 Å². The van der Waals surface area contributed by atoms with E-state index in [2.05, 4.69) is 17.4 Å². The number of nitrogens with two attached hydrogens (primary N) is 1. The van der Waals surface area contributed by atoms with Crippen molar-refractivity contribution in [2.24, 2.45) is 11.7 Å². The molecule has 1 unspecified atom stereocenters. The summed E-state index contributed by atoms with van der Waals surface area (Å²) in [6, 6.07) is 8.61. The smallest absolute Gasteiger partial charge is 0.224 e. The Balaban J connectivity index is 0.00000144. The molecule has 1 atom stereocenters. The van der Waals surface area contributed by atoms with Gasteiger partial charge in [0.05, 0.1) is 0 Å². The van der Waals surface area contributed by atoms with Gasteiger partial charge < -0.3 is 11.1 Å². The van der Waals surface area contributed by atoms with E-state index in [-0.39, 0.29) is 30.3 Å². The quantitative estimate of drug-likeness (QED) is 0.854. The third-order valence-electron chi connectivity index (χ3n) is 3.20. The lowest BCUT2D eigenvalue weighted by molar-refractivity contribution is -0.124. The predicted molar refractivity (Wildman–Crippen MR) is 71.2 cm³/mol. The molecule has 0 aromatic heterocycles. The normalized spacial score (nSPS) is 15.9. The van der Waals surface area contributed by atoms with Crippen LogP contribution in [0.1, 0.15) is 18.1 Å². The molecule has 0 heterocycles. The number of fused-ring (bicyclic) bond motifs is 1. The van der Waals surface area contributed by atoms with E-state index in [0.29, 0.717) is 6.54 Å². The summed E-state index contributed by atoms with van der Waals surface area (Å²) in [5.41, 5.74) is 8.18. The predicted octanol–water partition coefficient (Wildman–Crippen LogP) is 1.29. The first-order valence-electron chi connectivity index (χ1n) is 5.78. The van der Waals surface area contributed by atoms with E-state index in [1.807, 2.05) is 19.1 Å². The molecule has 3 nitrogen and oxygen atoms in total. The molecule has 0 spiro atoms. The summed E-state index contributed by atoms with van der Waals surface area (Å²) in [6.45, 7) is 2.27. The lowest BCUT2D eigenvalue weighted by Crippen LogP contribution is -2.40. The number of amides is 1. The zero-order chi connectivity index (χ0) is 11.5. The minimum atomic E-state index is -0.0938. The average molecular weight is 255 g/mol. The molecule has 1 amide bonds. The fourth-order valence-corrected chi connectivity index (χ4v) is 2.11. The second-order valence-corrected chi connectivity index (χ2v) is 4.52. The molecule has 1 aromatic rings. The number of carbonyl (C=O) groups excluding carboxylic acids is 1. The number of rotatable bonds is 3. The van der Waals surface area contributed by atoms with Gasteiger partial charge in [0, 0.05) is 18.5 Å². The largest absolute Gasteiger partial charge is 0.352 e. The zero-order valence-electron chi connectivity index (χ0n) is 9.98. The Morgan fingerprint density at radius 2 is 1.94 bits per heavy atom. The highest BCUT2D eigenvalue weighted by Gasteiger charge is 2.23. The molecule has 4 heteroatoms. The van der Waals surface area contributed by atoms with Crippen LogP contribution in [0.5, 0.6) is 0 Å². The lowest BCUT2D eigenvalue weighted by atomic mass is 10.1. The van der Waals surface area contributed by atoms with Gasteiger partial charge in [0.25, 0.3) is 0 Å². The number of hydrogen-bond acceptors (Lipinski definition) is 2. The molecular formula is C13H19ClN2O. The van der Waals surface area contributed by atoms with Crippen molar-refractivity contribution in [3.63, 3.8) is 0 Å². The molecule has 1 aromatic carbocycles. The van der Waals surface area contributed by atoms with Crippen LogP contribution in [0.2, 0.25) is 0 Å². The van der Waals surface area contributed by atoms with Crippen molar-refractivity contribution in [2.75, 3.05) is 6.54 Å². The Morgan fingerprint density at radius 1 is 1.41 bits per heavy atom. The molecule has 3 N–H and O–H groups in total. The number of hydrogen-bond donors (Lipinski definition) is 2. The number of nitrogens with one attached hydrogen (secondary N) is 1. The molecule has 1 aliphatic rings. The van der Waals surface area contributed by atoms with Gasteiger partial charge in [-0.15, -0.1) is 12.4 Å². The Labute approximate surface area is 108 Å². The zero-order valence-corrected chi connectivity index (χ0v) is 10.8. The van der Waals surface area contributed by atoms with Gasteiger partial charge in [-0.3, -0.25) is 4.79 Å². The molecule has 17 heavy (non-hydrogen) atoms. The lowest BCUT2D eigenvalue weighted by Gasteiger charge is -2.15. The van der Waals surface area contributed by atoms with Gasteiger partial charge in [0.15, 0.2) is 0 Å². The van der Waals surface area contributed by atoms with E-state index < -0.39 is 0 Å². The third kappa shape index (κ3) is 3.20. The molecular weight excluding hydrogens is 236 g/mol. The first kappa shape index (κ1) is 14.0. The van der Waals surface area contributed by atoms with E-state index in [4.69, 9.17) is 5.73 Å². The maximum atomic E-state index is 11.7. The Hall–Kier alpha value is -1.06. The SMILES string of the molecule is CC(CN)C(=O)NC1Cc2ccccc2C1.Cl. The summed E-state index contributed by atoms with van der Waals surface area (Å²) in [5.74, 6) is -0.0241. The molecule has 0 aliphatic heterocycles. The van der Waals surface area contributed by atoms with Crippen molar-refractivity contribution in [1.82, 2.24) is 5.32 Å². The summed E-state index contributed by atoms with van der Waals surface area (Å²) >= 11 is 0. The fraction of sp³-hybridized carbons (Fsp3) is 0.462. The summed E-state index contributed by atoms with van der Waals surface area (Å²) in [5, 5.41) is 3.06. The van der Waals surface area contributed by atoms with Gasteiger partial charge in [-0.05, 0) is 24.0 Å². The Morgan fingerprint density at radius 3 is 2.41 bits per heavy atom. The topological polar surface area (TPSA) is 55.1 Å². The van der Waals surface area contributed by atoms with Gasteiger partial charge in [0.2, 0.25) is 5.91 Å². The summed E-state index contributed by atoms with van der Waals surface area (Å²) in [6.07, 6.45) is 1.89. The highest BCUT2D eigenvalue weighted by Crippen LogP contribution is 2.21. The fourth-order valence-electron chi connectivity index (χ4n) is 2.11. The van der Waals surface area contributed by atoms with Gasteiger partial charge in [-0.1, -0.05) is 31.2 Å². The first-order chi connectivity index (χ1) is 7.70. The molecule has 0 bridgehead atoms. The molecule has 94 valence electrons.